The van der Waals surface area contributed by atoms with Gasteiger partial charge in [-0.05, 0) is 18.5 Å². The summed E-state index contributed by atoms with van der Waals surface area (Å²) in [6.07, 6.45) is -0.789. The van der Waals surface area contributed by atoms with Crippen LogP contribution in [0.5, 0.6) is 0 Å². The van der Waals surface area contributed by atoms with Gasteiger partial charge in [0.25, 0.3) is 0 Å². The lowest BCUT2D eigenvalue weighted by atomic mass is 9.82. The summed E-state index contributed by atoms with van der Waals surface area (Å²) >= 11 is 0. The quantitative estimate of drug-likeness (QED) is 0.606. The summed E-state index contributed by atoms with van der Waals surface area (Å²) in [6, 6.07) is 0. The highest BCUT2D eigenvalue weighted by Gasteiger charge is 2.55. The molecule has 5 atom stereocenters. The van der Waals surface area contributed by atoms with E-state index in [9.17, 15) is 5.11 Å². The Morgan fingerprint density at radius 3 is 2.53 bits per heavy atom. The van der Waals surface area contributed by atoms with E-state index in [0.29, 0.717) is 6.61 Å². The van der Waals surface area contributed by atoms with Gasteiger partial charge in [0, 0.05) is 0 Å². The third-order valence-electron chi connectivity index (χ3n) is 3.32. The number of hydrogen-bond acceptors (Lipinski definition) is 4. The van der Waals surface area contributed by atoms with Crippen LogP contribution in [0.25, 0.3) is 0 Å². The van der Waals surface area contributed by atoms with Crippen molar-refractivity contribution in [3.63, 3.8) is 0 Å². The minimum atomic E-state index is -1.17. The number of aliphatic hydroxyl groups excluding tert-OH is 1. The zero-order valence-corrected chi connectivity index (χ0v) is 12.5. The molecule has 1 N–H and O–H groups in total. The van der Waals surface area contributed by atoms with Gasteiger partial charge >= 0.3 is 0 Å². The summed E-state index contributed by atoms with van der Waals surface area (Å²) in [4.78, 5) is 0. The van der Waals surface area contributed by atoms with Crippen LogP contribution in [0, 0.1) is 5.41 Å². The molecule has 2 rings (SSSR count). The number of aliphatic hydroxyl groups is 1. The molecule has 2 saturated heterocycles. The summed E-state index contributed by atoms with van der Waals surface area (Å²) < 4.78 is 17.2. The van der Waals surface area contributed by atoms with Crippen molar-refractivity contribution in [2.45, 2.75) is 64.4 Å². The highest BCUT2D eigenvalue weighted by Crippen LogP contribution is 2.38. The topological polar surface area (TPSA) is 51.2 Å². The Labute approximate surface area is 105 Å². The standard InChI is InChI=1S/C12H24O4Si/c1-12(2,3)11(16-17(4)5)10-8(13)9-7(15-9)6-14-10/h7-11,13,17H,6H2,1-5H3/t7-,8+,9-,10+,11?/m1/s1. The molecule has 2 aliphatic rings. The Balaban J connectivity index is 2.08. The lowest BCUT2D eigenvalue weighted by molar-refractivity contribution is -0.135. The van der Waals surface area contributed by atoms with Crippen molar-refractivity contribution in [1.29, 1.82) is 0 Å². The molecule has 0 aromatic heterocycles. The average molecular weight is 260 g/mol. The molecule has 0 saturated carbocycles. The Bertz CT molecular complexity index is 276. The van der Waals surface area contributed by atoms with Crippen molar-refractivity contribution in [1.82, 2.24) is 0 Å². The van der Waals surface area contributed by atoms with Crippen LogP contribution in [0.4, 0.5) is 0 Å². The van der Waals surface area contributed by atoms with E-state index in [1.54, 1.807) is 0 Å². The highest BCUT2D eigenvalue weighted by atomic mass is 28.3. The van der Waals surface area contributed by atoms with Crippen molar-refractivity contribution in [3.8, 4) is 0 Å². The van der Waals surface area contributed by atoms with E-state index in [-0.39, 0.29) is 29.8 Å². The molecule has 2 fully saturated rings. The third-order valence-corrected chi connectivity index (χ3v) is 4.16. The van der Waals surface area contributed by atoms with E-state index in [4.69, 9.17) is 13.9 Å². The second-order valence-electron chi connectivity index (χ2n) is 6.40. The maximum absolute atomic E-state index is 10.2. The zero-order valence-electron chi connectivity index (χ0n) is 11.3. The molecular weight excluding hydrogens is 236 g/mol. The summed E-state index contributed by atoms with van der Waals surface area (Å²) in [5.41, 5.74) is -0.0371. The summed E-state index contributed by atoms with van der Waals surface area (Å²) in [6.45, 7) is 11.3. The van der Waals surface area contributed by atoms with Crippen LogP contribution in [0.15, 0.2) is 0 Å². The van der Waals surface area contributed by atoms with Crippen LogP contribution < -0.4 is 0 Å². The smallest absolute Gasteiger partial charge is 0.171 e. The molecule has 5 heteroatoms. The molecule has 0 radical (unpaired) electrons. The van der Waals surface area contributed by atoms with E-state index < -0.39 is 15.1 Å². The molecule has 0 spiro atoms. The summed E-state index contributed by atoms with van der Waals surface area (Å²) in [5.74, 6) is 0. The molecule has 0 bridgehead atoms. The highest BCUT2D eigenvalue weighted by molar-refractivity contribution is 6.48. The van der Waals surface area contributed by atoms with Gasteiger partial charge in [-0.25, -0.2) is 0 Å². The van der Waals surface area contributed by atoms with Gasteiger partial charge in [0.2, 0.25) is 0 Å². The molecule has 0 aliphatic carbocycles. The molecule has 0 aromatic rings. The van der Waals surface area contributed by atoms with E-state index in [2.05, 4.69) is 33.9 Å². The molecule has 4 nitrogen and oxygen atoms in total. The van der Waals surface area contributed by atoms with Gasteiger partial charge in [0.1, 0.15) is 24.4 Å². The van der Waals surface area contributed by atoms with Crippen molar-refractivity contribution < 1.29 is 19.0 Å². The monoisotopic (exact) mass is 260 g/mol. The van der Waals surface area contributed by atoms with Crippen molar-refractivity contribution in [2.75, 3.05) is 6.61 Å². The Morgan fingerprint density at radius 1 is 1.35 bits per heavy atom. The lowest BCUT2D eigenvalue weighted by Gasteiger charge is -2.41. The van der Waals surface area contributed by atoms with Crippen LogP contribution in [-0.2, 0) is 13.9 Å². The minimum Gasteiger partial charge on any atom is -0.414 e. The van der Waals surface area contributed by atoms with Gasteiger partial charge < -0.3 is 19.0 Å². The molecule has 0 amide bonds. The number of fused-ring (bicyclic) bond motifs is 1. The van der Waals surface area contributed by atoms with Crippen LogP contribution >= 0.6 is 0 Å². The average Bonchev–Trinajstić information content (AvgIpc) is 2.93. The van der Waals surface area contributed by atoms with E-state index >= 15 is 0 Å². The van der Waals surface area contributed by atoms with Crippen LogP contribution in [0.3, 0.4) is 0 Å². The van der Waals surface area contributed by atoms with Crippen molar-refractivity contribution >= 4 is 9.04 Å². The minimum absolute atomic E-state index is 0.0315. The first-order valence-corrected chi connectivity index (χ1v) is 9.19. The van der Waals surface area contributed by atoms with E-state index in [1.807, 2.05) is 0 Å². The van der Waals surface area contributed by atoms with Gasteiger partial charge in [-0.2, -0.15) is 0 Å². The second-order valence-corrected chi connectivity index (χ2v) is 8.77. The molecule has 100 valence electrons. The van der Waals surface area contributed by atoms with Gasteiger partial charge in [0.15, 0.2) is 9.04 Å². The molecule has 2 aliphatic heterocycles. The maximum Gasteiger partial charge on any atom is 0.171 e. The first-order chi connectivity index (χ1) is 7.80. The predicted molar refractivity (Wildman–Crippen MR) is 67.6 cm³/mol. The van der Waals surface area contributed by atoms with Crippen molar-refractivity contribution in [2.24, 2.45) is 5.41 Å². The zero-order chi connectivity index (χ0) is 12.8. The van der Waals surface area contributed by atoms with Gasteiger partial charge in [-0.3, -0.25) is 0 Å². The first kappa shape index (κ1) is 13.5. The van der Waals surface area contributed by atoms with Gasteiger partial charge in [0.05, 0.1) is 12.7 Å². The normalized spacial score (nSPS) is 39.0. The predicted octanol–water partition coefficient (Wildman–Crippen LogP) is 0.928. The molecule has 0 aromatic carbocycles. The largest absolute Gasteiger partial charge is 0.414 e. The summed E-state index contributed by atoms with van der Waals surface area (Å²) in [5, 5.41) is 10.2. The maximum atomic E-state index is 10.2. The van der Waals surface area contributed by atoms with Crippen LogP contribution in [0.1, 0.15) is 20.8 Å². The van der Waals surface area contributed by atoms with Crippen molar-refractivity contribution in [3.05, 3.63) is 0 Å². The molecular formula is C12H24O4Si. The SMILES string of the molecule is C[SiH](C)OC([C@H]1OC[C@H]2O[C@H]2[C@@H]1O)C(C)(C)C. The Hall–Kier alpha value is 0.0569. The fourth-order valence-corrected chi connectivity index (χ4v) is 3.57. The van der Waals surface area contributed by atoms with E-state index in [1.165, 1.54) is 0 Å². The second kappa shape index (κ2) is 4.62. The fourth-order valence-electron chi connectivity index (χ4n) is 2.42. The Kier molecular flexibility index (Phi) is 3.67. The van der Waals surface area contributed by atoms with Crippen LogP contribution in [0.2, 0.25) is 13.1 Å². The molecule has 1 unspecified atom stereocenters. The number of rotatable bonds is 3. The molecule has 2 heterocycles. The number of hydrogen-bond donors (Lipinski definition) is 1. The van der Waals surface area contributed by atoms with Gasteiger partial charge in [-0.1, -0.05) is 20.8 Å². The van der Waals surface area contributed by atoms with E-state index in [0.717, 1.165) is 0 Å². The number of epoxide rings is 1. The summed E-state index contributed by atoms with van der Waals surface area (Å²) in [7, 11) is -1.17. The van der Waals surface area contributed by atoms with Crippen LogP contribution in [-0.4, -0.2) is 51.3 Å². The number of ether oxygens (including phenoxy) is 2. The first-order valence-electron chi connectivity index (χ1n) is 6.41. The third kappa shape index (κ3) is 2.90. The Morgan fingerprint density at radius 2 is 2.00 bits per heavy atom. The fraction of sp³-hybridized carbons (Fsp3) is 1.00. The van der Waals surface area contributed by atoms with Gasteiger partial charge in [-0.15, -0.1) is 0 Å². The lowest BCUT2D eigenvalue weighted by Crippen LogP contribution is -2.53. The molecule has 17 heavy (non-hydrogen) atoms.